The Morgan fingerprint density at radius 3 is 2.22 bits per heavy atom. The lowest BCUT2D eigenvalue weighted by Gasteiger charge is -2.19. The minimum atomic E-state index is -1.10. The SMILES string of the molecule is CC(C)CN(CC(=O)O)C(=O)C#CCNC(=O)OCC1c2ccccc2-c2ccccc21. The van der Waals surface area contributed by atoms with Crippen LogP contribution in [0.4, 0.5) is 4.79 Å². The number of carboxylic acids is 1. The number of carboxylic acid groups (broad SMARTS) is 1. The van der Waals surface area contributed by atoms with Crippen LogP contribution >= 0.6 is 0 Å². The van der Waals surface area contributed by atoms with Crippen molar-refractivity contribution in [1.82, 2.24) is 10.2 Å². The molecule has 0 saturated carbocycles. The molecule has 166 valence electrons. The van der Waals surface area contributed by atoms with Gasteiger partial charge in [-0.05, 0) is 34.1 Å². The summed E-state index contributed by atoms with van der Waals surface area (Å²) in [5.74, 6) is 3.31. The summed E-state index contributed by atoms with van der Waals surface area (Å²) >= 11 is 0. The largest absolute Gasteiger partial charge is 0.480 e. The molecule has 0 radical (unpaired) electrons. The lowest BCUT2D eigenvalue weighted by Crippen LogP contribution is -2.37. The highest BCUT2D eigenvalue weighted by Gasteiger charge is 2.28. The average molecular weight is 434 g/mol. The molecular formula is C25H26N2O5. The topological polar surface area (TPSA) is 95.9 Å². The fourth-order valence-corrected chi connectivity index (χ4v) is 3.79. The van der Waals surface area contributed by atoms with Crippen molar-refractivity contribution in [2.24, 2.45) is 5.92 Å². The molecule has 0 heterocycles. The number of nitrogens with zero attached hydrogens (tertiary/aromatic N) is 1. The minimum Gasteiger partial charge on any atom is -0.480 e. The number of nitrogens with one attached hydrogen (secondary N) is 1. The van der Waals surface area contributed by atoms with Gasteiger partial charge in [-0.2, -0.15) is 0 Å². The number of aliphatic carboxylic acids is 1. The monoisotopic (exact) mass is 434 g/mol. The predicted molar refractivity (Wildman–Crippen MR) is 120 cm³/mol. The van der Waals surface area contributed by atoms with Crippen molar-refractivity contribution in [3.8, 4) is 23.0 Å². The van der Waals surface area contributed by atoms with Gasteiger partial charge in [0.25, 0.3) is 5.91 Å². The number of alkyl carbamates (subject to hydrolysis) is 1. The third kappa shape index (κ3) is 5.67. The molecule has 0 saturated heterocycles. The molecule has 2 N–H and O–H groups in total. The van der Waals surface area contributed by atoms with E-state index in [1.807, 2.05) is 50.2 Å². The van der Waals surface area contributed by atoms with Crippen LogP contribution in [0.15, 0.2) is 48.5 Å². The molecular weight excluding hydrogens is 408 g/mol. The zero-order valence-corrected chi connectivity index (χ0v) is 18.1. The standard InChI is InChI=1S/C25H26N2O5/c1-17(2)14-27(15-24(29)30)23(28)12-7-13-26-25(31)32-16-22-20-10-5-3-8-18(20)19-9-4-6-11-21(19)22/h3-6,8-11,17,22H,13-16H2,1-2H3,(H,26,31)(H,29,30). The zero-order chi connectivity index (χ0) is 23.1. The van der Waals surface area contributed by atoms with Gasteiger partial charge in [0, 0.05) is 12.5 Å². The molecule has 7 heteroatoms. The Morgan fingerprint density at radius 1 is 1.06 bits per heavy atom. The highest BCUT2D eigenvalue weighted by Crippen LogP contribution is 2.44. The second-order valence-electron chi connectivity index (χ2n) is 7.95. The van der Waals surface area contributed by atoms with Crippen molar-refractivity contribution in [3.05, 3.63) is 59.7 Å². The van der Waals surface area contributed by atoms with Crippen LogP contribution in [0.1, 0.15) is 30.9 Å². The number of fused-ring (bicyclic) bond motifs is 3. The van der Waals surface area contributed by atoms with Crippen LogP contribution in [0.2, 0.25) is 0 Å². The Balaban J connectivity index is 1.52. The molecule has 0 aliphatic heterocycles. The van der Waals surface area contributed by atoms with Gasteiger partial charge in [-0.3, -0.25) is 9.59 Å². The average Bonchev–Trinajstić information content (AvgIpc) is 3.08. The van der Waals surface area contributed by atoms with Gasteiger partial charge in [0.15, 0.2) is 0 Å². The molecule has 2 amide bonds. The maximum atomic E-state index is 12.1. The van der Waals surface area contributed by atoms with E-state index in [-0.39, 0.29) is 25.0 Å². The predicted octanol–water partition coefficient (Wildman–Crippen LogP) is 3.10. The first kappa shape index (κ1) is 22.9. The molecule has 2 aromatic carbocycles. The van der Waals surface area contributed by atoms with E-state index in [0.29, 0.717) is 6.54 Å². The van der Waals surface area contributed by atoms with Gasteiger partial charge < -0.3 is 20.1 Å². The number of carbonyl (C=O) groups excluding carboxylic acids is 2. The van der Waals surface area contributed by atoms with E-state index >= 15 is 0 Å². The lowest BCUT2D eigenvalue weighted by atomic mass is 9.98. The number of hydrogen-bond donors (Lipinski definition) is 2. The van der Waals surface area contributed by atoms with Crippen LogP contribution in [0.5, 0.6) is 0 Å². The second-order valence-corrected chi connectivity index (χ2v) is 7.95. The van der Waals surface area contributed by atoms with Crippen molar-refractivity contribution in [1.29, 1.82) is 0 Å². The molecule has 2 aromatic rings. The van der Waals surface area contributed by atoms with Gasteiger partial charge in [0.2, 0.25) is 0 Å². The highest BCUT2D eigenvalue weighted by molar-refractivity contribution is 5.95. The van der Waals surface area contributed by atoms with Gasteiger partial charge >= 0.3 is 12.1 Å². The Labute approximate surface area is 187 Å². The van der Waals surface area contributed by atoms with E-state index in [4.69, 9.17) is 9.84 Å². The van der Waals surface area contributed by atoms with Gasteiger partial charge in [-0.1, -0.05) is 68.3 Å². The van der Waals surface area contributed by atoms with E-state index < -0.39 is 24.5 Å². The van der Waals surface area contributed by atoms with Crippen molar-refractivity contribution in [3.63, 3.8) is 0 Å². The summed E-state index contributed by atoms with van der Waals surface area (Å²) < 4.78 is 5.41. The van der Waals surface area contributed by atoms with Crippen LogP contribution in [0, 0.1) is 17.8 Å². The van der Waals surface area contributed by atoms with Crippen molar-refractivity contribution in [2.45, 2.75) is 19.8 Å². The number of ether oxygens (including phenoxy) is 1. The first-order chi connectivity index (χ1) is 15.4. The summed E-state index contributed by atoms with van der Waals surface area (Å²) in [6.07, 6.45) is -0.627. The van der Waals surface area contributed by atoms with Crippen molar-refractivity contribution < 1.29 is 24.2 Å². The first-order valence-electron chi connectivity index (χ1n) is 10.4. The third-order valence-corrected chi connectivity index (χ3v) is 5.06. The van der Waals surface area contributed by atoms with Crippen LogP contribution in [0.25, 0.3) is 11.1 Å². The molecule has 1 aliphatic carbocycles. The van der Waals surface area contributed by atoms with Gasteiger partial charge in [-0.15, -0.1) is 0 Å². The maximum Gasteiger partial charge on any atom is 0.407 e. The zero-order valence-electron chi connectivity index (χ0n) is 18.1. The van der Waals surface area contributed by atoms with E-state index in [9.17, 15) is 14.4 Å². The first-order valence-corrected chi connectivity index (χ1v) is 10.4. The van der Waals surface area contributed by atoms with Gasteiger partial charge in [0.05, 0.1) is 6.54 Å². The van der Waals surface area contributed by atoms with Crippen molar-refractivity contribution >= 4 is 18.0 Å². The fourth-order valence-electron chi connectivity index (χ4n) is 3.79. The van der Waals surface area contributed by atoms with E-state index in [2.05, 4.69) is 29.3 Å². The van der Waals surface area contributed by atoms with Gasteiger partial charge in [0.1, 0.15) is 13.2 Å². The number of rotatable bonds is 7. The normalized spacial score (nSPS) is 11.7. The lowest BCUT2D eigenvalue weighted by molar-refractivity contribution is -0.142. The molecule has 0 unspecified atom stereocenters. The van der Waals surface area contributed by atoms with Crippen LogP contribution < -0.4 is 5.32 Å². The van der Waals surface area contributed by atoms with Crippen LogP contribution in [-0.2, 0) is 14.3 Å². The number of amides is 2. The third-order valence-electron chi connectivity index (χ3n) is 5.06. The molecule has 32 heavy (non-hydrogen) atoms. The van der Waals surface area contributed by atoms with E-state index in [0.717, 1.165) is 22.3 Å². The Hall–Kier alpha value is -3.79. The molecule has 0 bridgehead atoms. The molecule has 7 nitrogen and oxygen atoms in total. The Kier molecular flexibility index (Phi) is 7.50. The minimum absolute atomic E-state index is 0.0403. The Bertz CT molecular complexity index is 1020. The number of carbonyl (C=O) groups is 3. The number of benzene rings is 2. The van der Waals surface area contributed by atoms with E-state index in [1.54, 1.807) is 0 Å². The van der Waals surface area contributed by atoms with Crippen molar-refractivity contribution in [2.75, 3.05) is 26.2 Å². The molecule has 0 aromatic heterocycles. The second kappa shape index (κ2) is 10.5. The molecule has 0 spiro atoms. The Morgan fingerprint density at radius 2 is 1.66 bits per heavy atom. The summed E-state index contributed by atoms with van der Waals surface area (Å²) in [7, 11) is 0. The molecule has 3 rings (SSSR count). The van der Waals surface area contributed by atoms with E-state index in [1.165, 1.54) is 4.90 Å². The quantitative estimate of drug-likeness (QED) is 0.653. The summed E-state index contributed by atoms with van der Waals surface area (Å²) in [5, 5.41) is 11.5. The summed E-state index contributed by atoms with van der Waals surface area (Å²) in [6, 6.07) is 16.1. The summed E-state index contributed by atoms with van der Waals surface area (Å²) in [6.45, 7) is 3.76. The molecule has 0 atom stereocenters. The van der Waals surface area contributed by atoms with Crippen LogP contribution in [-0.4, -0.2) is 54.2 Å². The highest BCUT2D eigenvalue weighted by atomic mass is 16.5. The van der Waals surface area contributed by atoms with Gasteiger partial charge in [-0.25, -0.2) is 4.79 Å². The van der Waals surface area contributed by atoms with Crippen LogP contribution in [0.3, 0.4) is 0 Å². The fraction of sp³-hybridized carbons (Fsp3) is 0.320. The molecule has 0 fully saturated rings. The molecule has 1 aliphatic rings. The summed E-state index contributed by atoms with van der Waals surface area (Å²) in [5.41, 5.74) is 4.54. The summed E-state index contributed by atoms with van der Waals surface area (Å²) in [4.78, 5) is 36.4. The maximum absolute atomic E-state index is 12.1. The smallest absolute Gasteiger partial charge is 0.407 e. The number of hydrogen-bond acceptors (Lipinski definition) is 4.